The van der Waals surface area contributed by atoms with Crippen LogP contribution in [0.5, 0.6) is 0 Å². The topological polar surface area (TPSA) is 291 Å². The van der Waals surface area contributed by atoms with Crippen LogP contribution < -0.4 is 11.5 Å². The number of hydrogen-bond donors (Lipinski definition) is 6. The Hall–Kier alpha value is -3.61. The van der Waals surface area contributed by atoms with Gasteiger partial charge >= 0.3 is 11.9 Å². The number of fused-ring (bicyclic) bond motifs is 2. The summed E-state index contributed by atoms with van der Waals surface area (Å²) in [6.45, 7) is 4.23. The molecule has 53 heavy (non-hydrogen) atoms. The van der Waals surface area contributed by atoms with Crippen molar-refractivity contribution in [3.05, 3.63) is 25.3 Å². The Labute approximate surface area is 317 Å². The number of aromatic nitrogens is 8. The van der Waals surface area contributed by atoms with Crippen molar-refractivity contribution in [2.24, 2.45) is 0 Å². The van der Waals surface area contributed by atoms with Crippen LogP contribution in [-0.4, -0.2) is 144 Å². The first-order valence-corrected chi connectivity index (χ1v) is 18.7. The highest BCUT2D eigenvalue weighted by atomic mass is 35.5. The van der Waals surface area contributed by atoms with E-state index in [0.29, 0.717) is 58.6 Å². The third kappa shape index (κ3) is 9.93. The van der Waals surface area contributed by atoms with Gasteiger partial charge in [0, 0.05) is 23.0 Å². The van der Waals surface area contributed by atoms with Gasteiger partial charge in [-0.1, -0.05) is 0 Å². The highest BCUT2D eigenvalue weighted by Crippen LogP contribution is 2.34. The molecule has 23 heteroatoms. The highest BCUT2D eigenvalue weighted by molar-refractivity contribution is 7.99. The number of hydrogen-bond acceptors (Lipinski definition) is 20. The number of ether oxygens (including phenoxy) is 4. The van der Waals surface area contributed by atoms with Gasteiger partial charge in [0.15, 0.2) is 35.4 Å². The molecule has 20 nitrogen and oxygen atoms in total. The molecule has 2 saturated heterocycles. The van der Waals surface area contributed by atoms with Gasteiger partial charge in [-0.05, 0) is 13.8 Å². The molecule has 0 spiro atoms. The summed E-state index contributed by atoms with van der Waals surface area (Å²) >= 11 is 2.90. The second-order valence-corrected chi connectivity index (χ2v) is 13.8. The van der Waals surface area contributed by atoms with Crippen molar-refractivity contribution in [2.75, 3.05) is 47.7 Å². The Morgan fingerprint density at radius 1 is 0.698 bits per heavy atom. The minimum atomic E-state index is -1.14. The van der Waals surface area contributed by atoms with Crippen LogP contribution in [0.1, 0.15) is 39.1 Å². The molecule has 6 rings (SSSR count). The molecular weight excluding hydrogens is 760 g/mol. The number of thioether (sulfide) groups is 2. The zero-order valence-corrected chi connectivity index (χ0v) is 31.2. The molecule has 0 saturated carbocycles. The Morgan fingerprint density at radius 2 is 1.09 bits per heavy atom. The Balaban J connectivity index is 0.000000232. The van der Waals surface area contributed by atoms with Gasteiger partial charge in [-0.25, -0.2) is 29.9 Å². The van der Waals surface area contributed by atoms with Crippen molar-refractivity contribution in [2.45, 2.75) is 75.8 Å². The third-order valence-electron chi connectivity index (χ3n) is 8.07. The normalized spacial score (nSPS) is 25.2. The number of carbonyl (C=O) groups excluding carboxylic acids is 2. The molecular formula is C30H43ClN10O10S2. The predicted molar refractivity (Wildman–Crippen MR) is 196 cm³/mol. The van der Waals surface area contributed by atoms with E-state index in [1.54, 1.807) is 13.8 Å². The third-order valence-corrected chi connectivity index (χ3v) is 10.2. The fourth-order valence-corrected chi connectivity index (χ4v) is 7.45. The maximum atomic E-state index is 11.3. The molecule has 0 aromatic carbocycles. The van der Waals surface area contributed by atoms with Crippen molar-refractivity contribution in [3.8, 4) is 0 Å². The lowest BCUT2D eigenvalue weighted by Crippen LogP contribution is -2.32. The molecule has 292 valence electrons. The van der Waals surface area contributed by atoms with E-state index in [2.05, 4.69) is 29.9 Å². The summed E-state index contributed by atoms with van der Waals surface area (Å²) < 4.78 is 24.4. The molecule has 6 heterocycles. The summed E-state index contributed by atoms with van der Waals surface area (Å²) in [4.78, 5) is 46.9. The van der Waals surface area contributed by atoms with Crippen molar-refractivity contribution in [1.29, 1.82) is 0 Å². The number of nitrogens with two attached hydrogens (primary N) is 2. The molecule has 4 aromatic heterocycles. The molecule has 0 unspecified atom stereocenters. The van der Waals surface area contributed by atoms with Gasteiger partial charge in [0.05, 0.1) is 50.9 Å². The number of carbonyl (C=O) groups is 2. The van der Waals surface area contributed by atoms with E-state index in [1.807, 2.05) is 0 Å². The van der Waals surface area contributed by atoms with Crippen LogP contribution in [0.25, 0.3) is 22.3 Å². The zero-order valence-electron chi connectivity index (χ0n) is 28.8. The molecule has 2 fully saturated rings. The van der Waals surface area contributed by atoms with Crippen LogP contribution in [-0.2, 0) is 28.5 Å². The van der Waals surface area contributed by atoms with Crippen LogP contribution in [0.15, 0.2) is 25.3 Å². The lowest BCUT2D eigenvalue weighted by molar-refractivity contribution is -0.143. The molecule has 8 N–H and O–H groups in total. The predicted octanol–water partition coefficient (Wildman–Crippen LogP) is -0.150. The number of nitrogen functional groups attached to an aromatic ring is 2. The van der Waals surface area contributed by atoms with Crippen LogP contribution in [0.3, 0.4) is 0 Å². The number of aliphatic hydroxyl groups excluding tert-OH is 4. The molecule has 4 aromatic rings. The fourth-order valence-electron chi connectivity index (χ4n) is 5.48. The molecule has 0 bridgehead atoms. The van der Waals surface area contributed by atoms with E-state index in [1.165, 1.54) is 58.0 Å². The Morgan fingerprint density at radius 3 is 1.47 bits per heavy atom. The first-order chi connectivity index (χ1) is 25.0. The van der Waals surface area contributed by atoms with Crippen LogP contribution in [0, 0.1) is 0 Å². The van der Waals surface area contributed by atoms with Gasteiger partial charge in [0.25, 0.3) is 0 Å². The number of aliphatic hydroxyl groups is 4. The van der Waals surface area contributed by atoms with E-state index in [4.69, 9.17) is 30.4 Å². The van der Waals surface area contributed by atoms with E-state index in [9.17, 15) is 30.0 Å². The summed E-state index contributed by atoms with van der Waals surface area (Å²) in [5.41, 5.74) is 13.2. The second-order valence-electron chi connectivity index (χ2n) is 11.5. The van der Waals surface area contributed by atoms with Crippen LogP contribution in [0.4, 0.5) is 11.6 Å². The van der Waals surface area contributed by atoms with E-state index in [-0.39, 0.29) is 48.8 Å². The second kappa shape index (κ2) is 19.6. The largest absolute Gasteiger partial charge is 0.466 e. The quantitative estimate of drug-likeness (QED) is 0.0714. The van der Waals surface area contributed by atoms with Gasteiger partial charge in [-0.15, -0.1) is 12.4 Å². The van der Waals surface area contributed by atoms with Gasteiger partial charge in [-0.2, -0.15) is 23.5 Å². The first kappa shape index (κ1) is 42.1. The lowest BCUT2D eigenvalue weighted by atomic mass is 10.1. The molecule has 2 aliphatic rings. The van der Waals surface area contributed by atoms with Gasteiger partial charge in [0.2, 0.25) is 0 Å². The van der Waals surface area contributed by atoms with Gasteiger partial charge in [0.1, 0.15) is 48.1 Å². The number of anilines is 2. The molecule has 8 atom stereocenters. The maximum absolute atomic E-state index is 11.3. The minimum Gasteiger partial charge on any atom is -0.466 e. The number of nitrogens with zero attached hydrogens (tertiary/aromatic N) is 8. The van der Waals surface area contributed by atoms with Crippen molar-refractivity contribution in [3.63, 3.8) is 0 Å². The molecule has 0 radical (unpaired) electrons. The number of halogens is 1. The summed E-state index contributed by atoms with van der Waals surface area (Å²) in [5, 5.41) is 41.3. The van der Waals surface area contributed by atoms with E-state index >= 15 is 0 Å². The monoisotopic (exact) mass is 802 g/mol. The fraction of sp³-hybridized carbons (Fsp3) is 0.600. The summed E-state index contributed by atoms with van der Waals surface area (Å²) in [5.74, 6) is 1.89. The van der Waals surface area contributed by atoms with Crippen LogP contribution >= 0.6 is 35.9 Å². The van der Waals surface area contributed by atoms with Crippen molar-refractivity contribution >= 4 is 81.8 Å². The Bertz CT molecular complexity index is 1680. The van der Waals surface area contributed by atoms with Crippen molar-refractivity contribution in [1.82, 2.24) is 39.0 Å². The standard InChI is InChI=1S/2C15H21N5O5S.ClH/c2*1-2-24-9(21)3-4-26-5-8-11(22)12(23)15(25-8)20-7-19-10-13(16)17-6-18-14(10)20;/h2*6-8,11-12,15,22-23H,2-5H2,1H3,(H2,16,17,18);1H/t2*8-,11-,12-,15-;/m11./s1. The maximum Gasteiger partial charge on any atom is 0.306 e. The summed E-state index contributed by atoms with van der Waals surface area (Å²) in [7, 11) is 0. The molecule has 0 amide bonds. The van der Waals surface area contributed by atoms with Gasteiger partial charge in [-0.3, -0.25) is 18.7 Å². The Kier molecular flexibility index (Phi) is 15.6. The minimum absolute atomic E-state index is 0. The number of esters is 2. The van der Waals surface area contributed by atoms with Crippen molar-refractivity contribution < 1.29 is 49.0 Å². The van der Waals surface area contributed by atoms with Gasteiger partial charge < -0.3 is 50.8 Å². The number of imidazole rings is 2. The highest BCUT2D eigenvalue weighted by Gasteiger charge is 2.45. The summed E-state index contributed by atoms with van der Waals surface area (Å²) in [6.07, 6.45) is -1.16. The average Bonchev–Trinajstić information content (AvgIpc) is 3.88. The molecule has 0 aliphatic carbocycles. The smallest absolute Gasteiger partial charge is 0.306 e. The summed E-state index contributed by atoms with van der Waals surface area (Å²) in [6, 6.07) is 0. The zero-order chi connectivity index (χ0) is 37.4. The molecule has 2 aliphatic heterocycles. The lowest BCUT2D eigenvalue weighted by Gasteiger charge is -2.16. The average molecular weight is 803 g/mol. The SMILES string of the molecule is CCOC(=O)CCSC[C@H]1O[C@@H](n2cnc3c(N)ncnc32)[C@H](O)[C@@H]1O.CCOC(=O)CCSC[C@H]1O[C@@H](n2cnc3c(N)ncnc32)[C@H](O)[C@@H]1O.Cl. The number of rotatable bonds is 14. The van der Waals surface area contributed by atoms with Crippen LogP contribution in [0.2, 0.25) is 0 Å². The first-order valence-electron chi connectivity index (χ1n) is 16.4. The van der Waals surface area contributed by atoms with E-state index in [0.717, 1.165) is 0 Å². The van der Waals surface area contributed by atoms with E-state index < -0.39 is 49.1 Å².